The third-order valence-electron chi connectivity index (χ3n) is 4.44. The molecule has 0 heterocycles. The highest BCUT2D eigenvalue weighted by molar-refractivity contribution is 7.67. The maximum atomic E-state index is 13.9. The first-order chi connectivity index (χ1) is 12.8. The minimum absolute atomic E-state index is 0.316. The van der Waals surface area contributed by atoms with Crippen LogP contribution in [0.1, 0.15) is 31.7 Å². The molecule has 0 aliphatic carbocycles. The predicted molar refractivity (Wildman–Crippen MR) is 111 cm³/mol. The first-order valence-electron chi connectivity index (χ1n) is 9.12. The molecule has 2 rings (SSSR count). The van der Waals surface area contributed by atoms with E-state index in [9.17, 15) is 9.67 Å². The van der Waals surface area contributed by atoms with Gasteiger partial charge in [-0.2, -0.15) is 0 Å². The van der Waals surface area contributed by atoms with Gasteiger partial charge in [0.05, 0.1) is 13.7 Å². The van der Waals surface area contributed by atoms with Gasteiger partial charge in [0, 0.05) is 30.7 Å². The average molecular weight is 391 g/mol. The second-order valence-corrected chi connectivity index (χ2v) is 9.60. The number of ether oxygens (including phenoxy) is 1. The predicted octanol–water partition coefficient (Wildman–Crippen LogP) is 4.42. The summed E-state index contributed by atoms with van der Waals surface area (Å²) in [5, 5.41) is 11.6. The van der Waals surface area contributed by atoms with Crippen molar-refractivity contribution in [2.24, 2.45) is 5.92 Å². The van der Waals surface area contributed by atoms with Crippen molar-refractivity contribution in [3.8, 4) is 5.75 Å². The van der Waals surface area contributed by atoms with Gasteiger partial charge in [0.2, 0.25) is 0 Å². The molecule has 0 radical (unpaired) electrons. The molecule has 0 saturated heterocycles. The molecular formula is C21H30NO4P. The molecule has 0 bridgehead atoms. The zero-order valence-electron chi connectivity index (χ0n) is 16.8. The van der Waals surface area contributed by atoms with Gasteiger partial charge in [-0.05, 0) is 42.7 Å². The lowest BCUT2D eigenvalue weighted by molar-refractivity contribution is 0.205. The number of aliphatic hydroxyl groups is 1. The zero-order chi connectivity index (χ0) is 20.0. The fourth-order valence-electron chi connectivity index (χ4n) is 2.73. The summed E-state index contributed by atoms with van der Waals surface area (Å²) in [4.78, 5) is 1.96. The largest absolute Gasteiger partial charge is 0.496 e. The van der Waals surface area contributed by atoms with Crippen molar-refractivity contribution in [2.45, 2.75) is 26.1 Å². The third-order valence-corrected chi connectivity index (χ3v) is 6.95. The van der Waals surface area contributed by atoms with Crippen LogP contribution in [0.4, 0.5) is 5.69 Å². The van der Waals surface area contributed by atoms with Crippen LogP contribution < -0.4 is 14.9 Å². The van der Waals surface area contributed by atoms with Gasteiger partial charge in [0.25, 0.3) is 7.37 Å². The second-order valence-electron chi connectivity index (χ2n) is 7.14. The summed E-state index contributed by atoms with van der Waals surface area (Å²) in [5.41, 5.74) is 1.45. The topological polar surface area (TPSA) is 59.0 Å². The van der Waals surface area contributed by atoms with Crippen molar-refractivity contribution in [2.75, 3.05) is 32.7 Å². The van der Waals surface area contributed by atoms with Gasteiger partial charge < -0.3 is 19.3 Å². The molecule has 0 amide bonds. The fraction of sp³-hybridized carbons (Fsp3) is 0.429. The van der Waals surface area contributed by atoms with Crippen LogP contribution in [0.3, 0.4) is 0 Å². The van der Waals surface area contributed by atoms with Crippen LogP contribution in [0, 0.1) is 5.92 Å². The molecule has 6 heteroatoms. The van der Waals surface area contributed by atoms with Gasteiger partial charge >= 0.3 is 0 Å². The van der Waals surface area contributed by atoms with Crippen molar-refractivity contribution >= 4 is 18.4 Å². The number of hydrogen-bond acceptors (Lipinski definition) is 5. The van der Waals surface area contributed by atoms with E-state index in [4.69, 9.17) is 9.26 Å². The molecule has 0 aliphatic rings. The SMILES string of the molecule is COc1ccccc1[C@@H](O)[P@](=O)(OCCC(C)C)c1ccc(N(C)C)cc1. The van der Waals surface area contributed by atoms with Gasteiger partial charge in [0.15, 0.2) is 5.85 Å². The van der Waals surface area contributed by atoms with E-state index in [0.717, 1.165) is 12.1 Å². The number of rotatable bonds is 9. The van der Waals surface area contributed by atoms with Gasteiger partial charge in [-0.25, -0.2) is 0 Å². The number of para-hydroxylation sites is 1. The monoisotopic (exact) mass is 391 g/mol. The Morgan fingerprint density at radius 1 is 1.07 bits per heavy atom. The molecule has 27 heavy (non-hydrogen) atoms. The van der Waals surface area contributed by atoms with E-state index in [1.807, 2.05) is 37.2 Å². The minimum atomic E-state index is -3.57. The Kier molecular flexibility index (Phi) is 7.49. The van der Waals surface area contributed by atoms with Crippen LogP contribution in [0.25, 0.3) is 0 Å². The summed E-state index contributed by atoms with van der Waals surface area (Å²) >= 11 is 0. The van der Waals surface area contributed by atoms with Crippen molar-refractivity contribution in [1.29, 1.82) is 0 Å². The molecule has 2 atom stereocenters. The summed E-state index contributed by atoms with van der Waals surface area (Å²) in [6, 6.07) is 14.3. The number of nitrogens with zero attached hydrogens (tertiary/aromatic N) is 1. The minimum Gasteiger partial charge on any atom is -0.496 e. The molecule has 148 valence electrons. The molecule has 0 aromatic heterocycles. The fourth-order valence-corrected chi connectivity index (χ4v) is 4.83. The Morgan fingerprint density at radius 2 is 1.70 bits per heavy atom. The average Bonchev–Trinajstić information content (AvgIpc) is 2.66. The molecule has 0 aliphatic heterocycles. The van der Waals surface area contributed by atoms with Gasteiger partial charge in [-0.1, -0.05) is 32.0 Å². The number of aliphatic hydroxyl groups excluding tert-OH is 1. The summed E-state index contributed by atoms with van der Waals surface area (Å²) in [7, 11) is 1.84. The Morgan fingerprint density at radius 3 is 2.26 bits per heavy atom. The van der Waals surface area contributed by atoms with E-state index >= 15 is 0 Å². The molecular weight excluding hydrogens is 361 g/mol. The maximum absolute atomic E-state index is 13.9. The lowest BCUT2D eigenvalue weighted by Gasteiger charge is -2.26. The van der Waals surface area contributed by atoms with Gasteiger partial charge in [0.1, 0.15) is 5.75 Å². The van der Waals surface area contributed by atoms with Crippen LogP contribution in [0.15, 0.2) is 48.5 Å². The Labute approximate surface area is 162 Å². The van der Waals surface area contributed by atoms with Crippen LogP contribution in [0.2, 0.25) is 0 Å². The maximum Gasteiger partial charge on any atom is 0.264 e. The number of benzene rings is 2. The van der Waals surface area contributed by atoms with Crippen LogP contribution in [0.5, 0.6) is 5.75 Å². The Balaban J connectivity index is 2.44. The van der Waals surface area contributed by atoms with Crippen LogP contribution in [-0.4, -0.2) is 32.9 Å². The van der Waals surface area contributed by atoms with Gasteiger partial charge in [-0.3, -0.25) is 4.57 Å². The second kappa shape index (κ2) is 9.41. The quantitative estimate of drug-likeness (QED) is 0.642. The number of anilines is 1. The highest BCUT2D eigenvalue weighted by atomic mass is 31.2. The Bertz CT molecular complexity index is 774. The summed E-state index contributed by atoms with van der Waals surface area (Å²) in [6.07, 6.45) is 0.762. The van der Waals surface area contributed by atoms with E-state index < -0.39 is 13.2 Å². The van der Waals surface area contributed by atoms with Crippen LogP contribution >= 0.6 is 7.37 Å². The van der Waals surface area contributed by atoms with Crippen molar-refractivity contribution in [3.63, 3.8) is 0 Å². The van der Waals surface area contributed by atoms with Gasteiger partial charge in [-0.15, -0.1) is 0 Å². The number of methoxy groups -OCH3 is 1. The van der Waals surface area contributed by atoms with E-state index in [1.165, 1.54) is 7.11 Å². The molecule has 5 nitrogen and oxygen atoms in total. The van der Waals surface area contributed by atoms with Crippen molar-refractivity contribution in [1.82, 2.24) is 0 Å². The lowest BCUT2D eigenvalue weighted by atomic mass is 10.2. The normalized spacial score (nSPS) is 14.6. The summed E-state index contributed by atoms with van der Waals surface area (Å²) in [5.74, 6) is -0.397. The Hall–Kier alpha value is -1.81. The third kappa shape index (κ3) is 5.13. The molecule has 0 fully saturated rings. The first kappa shape index (κ1) is 21.5. The van der Waals surface area contributed by atoms with Crippen LogP contribution in [-0.2, 0) is 9.09 Å². The molecule has 2 aromatic rings. The molecule has 2 aromatic carbocycles. The molecule has 0 saturated carbocycles. The standard InChI is InChI=1S/C21H30NO4P/c1-16(2)14-15-26-27(24,18-12-10-17(11-13-18)22(3)4)21(23)19-8-6-7-9-20(19)25-5/h6-13,16,21,23H,14-15H2,1-5H3/t21-,27+/m0/s1. The van der Waals surface area contributed by atoms with E-state index in [0.29, 0.717) is 29.1 Å². The summed E-state index contributed by atoms with van der Waals surface area (Å²) < 4.78 is 25.1. The first-order valence-corrected chi connectivity index (χ1v) is 10.8. The lowest BCUT2D eigenvalue weighted by Crippen LogP contribution is -2.17. The highest BCUT2D eigenvalue weighted by Crippen LogP contribution is 2.59. The van der Waals surface area contributed by atoms with Crippen molar-refractivity contribution in [3.05, 3.63) is 54.1 Å². The smallest absolute Gasteiger partial charge is 0.264 e. The van der Waals surface area contributed by atoms with E-state index in [-0.39, 0.29) is 0 Å². The molecule has 0 unspecified atom stereocenters. The molecule has 0 spiro atoms. The zero-order valence-corrected chi connectivity index (χ0v) is 17.6. The van der Waals surface area contributed by atoms with E-state index in [2.05, 4.69) is 13.8 Å². The van der Waals surface area contributed by atoms with E-state index in [1.54, 1.807) is 30.3 Å². The number of hydrogen-bond donors (Lipinski definition) is 1. The van der Waals surface area contributed by atoms with Crippen molar-refractivity contribution < 1.29 is 18.9 Å². The molecule has 1 N–H and O–H groups in total. The summed E-state index contributed by atoms with van der Waals surface area (Å²) in [6.45, 7) is 4.48. The highest BCUT2D eigenvalue weighted by Gasteiger charge is 2.38.